The molecule has 0 amide bonds. The summed E-state index contributed by atoms with van der Waals surface area (Å²) in [5.74, 6) is -2.84. The summed E-state index contributed by atoms with van der Waals surface area (Å²) in [4.78, 5) is 8.02. The van der Waals surface area contributed by atoms with Crippen LogP contribution in [-0.4, -0.2) is 24.3 Å². The zero-order valence-corrected chi connectivity index (χ0v) is 8.69. The van der Waals surface area contributed by atoms with Gasteiger partial charge in [-0.15, -0.1) is 20.5 Å². The summed E-state index contributed by atoms with van der Waals surface area (Å²) in [6, 6.07) is 0. The molecule has 8 heteroatoms. The molecule has 0 saturated carbocycles. The average Bonchev–Trinajstić information content (AvgIpc) is 2.85. The van der Waals surface area contributed by atoms with Gasteiger partial charge in [-0.05, 0) is 6.42 Å². The molecule has 4 N–H and O–H groups in total. The minimum atomic E-state index is -1.22. The van der Waals surface area contributed by atoms with Gasteiger partial charge in [-0.2, -0.15) is 0 Å². The zero-order chi connectivity index (χ0) is 11.6. The van der Waals surface area contributed by atoms with Crippen LogP contribution in [-0.2, 0) is 0 Å². The molecule has 0 bridgehead atoms. The van der Waals surface area contributed by atoms with Crippen LogP contribution in [0, 0.1) is 12.8 Å². The van der Waals surface area contributed by atoms with Gasteiger partial charge in [0.05, 0.1) is 5.92 Å². The molecular formula is C8H13N8. The third-order valence-electron chi connectivity index (χ3n) is 2.59. The van der Waals surface area contributed by atoms with Crippen molar-refractivity contribution in [2.75, 3.05) is 0 Å². The Morgan fingerprint density at radius 3 is 1.88 bits per heavy atom. The van der Waals surface area contributed by atoms with Crippen LogP contribution in [0.5, 0.6) is 0 Å². The molecule has 0 aliphatic carbocycles. The SMILES string of the molecule is [CH2]CCC(C1(N)N=CN=N1)C1(N)N=CN=N1. The molecule has 2 heterocycles. The lowest BCUT2D eigenvalue weighted by atomic mass is 9.89. The average molecular weight is 221 g/mol. The second-order valence-corrected chi connectivity index (χ2v) is 3.68. The molecule has 1 radical (unpaired) electrons. The Labute approximate surface area is 92.6 Å². The van der Waals surface area contributed by atoms with E-state index in [2.05, 4.69) is 37.4 Å². The van der Waals surface area contributed by atoms with E-state index in [0.29, 0.717) is 12.8 Å². The van der Waals surface area contributed by atoms with Crippen LogP contribution in [0.3, 0.4) is 0 Å². The highest BCUT2D eigenvalue weighted by Crippen LogP contribution is 2.36. The lowest BCUT2D eigenvalue weighted by Crippen LogP contribution is -2.56. The summed E-state index contributed by atoms with van der Waals surface area (Å²) >= 11 is 0. The standard InChI is InChI=1S/C8H13N8/c1-2-3-6(7(9)11-4-13-15-7)8(10)12-5-14-16-8/h4-6H,1-3,9-10H2. The number of nitrogens with two attached hydrogens (primary N) is 2. The van der Waals surface area contributed by atoms with Crippen molar-refractivity contribution in [2.45, 2.75) is 24.4 Å². The van der Waals surface area contributed by atoms with Crippen molar-refractivity contribution in [1.29, 1.82) is 0 Å². The van der Waals surface area contributed by atoms with E-state index in [1.54, 1.807) is 0 Å². The van der Waals surface area contributed by atoms with E-state index in [0.717, 1.165) is 0 Å². The van der Waals surface area contributed by atoms with Crippen LogP contribution in [0.2, 0.25) is 0 Å². The zero-order valence-electron chi connectivity index (χ0n) is 8.69. The third-order valence-corrected chi connectivity index (χ3v) is 2.59. The second kappa shape index (κ2) is 3.80. The molecule has 16 heavy (non-hydrogen) atoms. The molecule has 0 spiro atoms. The van der Waals surface area contributed by atoms with Gasteiger partial charge in [-0.1, -0.05) is 13.3 Å². The van der Waals surface area contributed by atoms with Gasteiger partial charge < -0.3 is 0 Å². The predicted molar refractivity (Wildman–Crippen MR) is 58.6 cm³/mol. The lowest BCUT2D eigenvalue weighted by Gasteiger charge is -2.33. The molecule has 2 atom stereocenters. The van der Waals surface area contributed by atoms with Crippen molar-refractivity contribution in [3.63, 3.8) is 0 Å². The molecule has 2 rings (SSSR count). The quantitative estimate of drug-likeness (QED) is 0.713. The molecular weight excluding hydrogens is 208 g/mol. The van der Waals surface area contributed by atoms with Crippen molar-refractivity contribution in [3.05, 3.63) is 6.92 Å². The van der Waals surface area contributed by atoms with Crippen LogP contribution in [0.25, 0.3) is 0 Å². The maximum atomic E-state index is 6.01. The Hall–Kier alpha value is -1.54. The Balaban J connectivity index is 2.30. The van der Waals surface area contributed by atoms with Crippen LogP contribution in [0.1, 0.15) is 12.8 Å². The number of hydrogen-bond donors (Lipinski definition) is 2. The van der Waals surface area contributed by atoms with E-state index in [-0.39, 0.29) is 0 Å². The Kier molecular flexibility index (Phi) is 2.60. The van der Waals surface area contributed by atoms with Gasteiger partial charge >= 0.3 is 0 Å². The van der Waals surface area contributed by atoms with Gasteiger partial charge in [-0.3, -0.25) is 11.5 Å². The van der Waals surface area contributed by atoms with Crippen LogP contribution in [0.15, 0.2) is 30.4 Å². The Morgan fingerprint density at radius 1 is 1.06 bits per heavy atom. The molecule has 85 valence electrons. The van der Waals surface area contributed by atoms with Gasteiger partial charge in [-0.25, -0.2) is 9.98 Å². The van der Waals surface area contributed by atoms with Crippen molar-refractivity contribution in [1.82, 2.24) is 0 Å². The molecule has 0 fully saturated rings. The molecule has 2 aliphatic rings. The highest BCUT2D eigenvalue weighted by atomic mass is 15.4. The first kappa shape index (κ1) is 11.0. The Morgan fingerprint density at radius 2 is 1.56 bits per heavy atom. The highest BCUT2D eigenvalue weighted by Gasteiger charge is 2.50. The first-order valence-corrected chi connectivity index (χ1v) is 4.89. The van der Waals surface area contributed by atoms with E-state index in [9.17, 15) is 0 Å². The monoisotopic (exact) mass is 221 g/mol. The largest absolute Gasteiger partial charge is 0.286 e. The molecule has 0 aromatic heterocycles. The number of rotatable bonds is 4. The fourth-order valence-electron chi connectivity index (χ4n) is 1.79. The predicted octanol–water partition coefficient (Wildman–Crippen LogP) is 0.430. The molecule has 0 saturated heterocycles. The molecule has 2 aliphatic heterocycles. The first-order chi connectivity index (χ1) is 7.61. The van der Waals surface area contributed by atoms with Crippen LogP contribution < -0.4 is 11.5 Å². The number of nitrogens with zero attached hydrogens (tertiary/aromatic N) is 6. The molecule has 0 aromatic carbocycles. The fourth-order valence-corrected chi connectivity index (χ4v) is 1.79. The van der Waals surface area contributed by atoms with Crippen LogP contribution in [0.4, 0.5) is 0 Å². The lowest BCUT2D eigenvalue weighted by molar-refractivity contribution is 0.164. The van der Waals surface area contributed by atoms with Gasteiger partial charge in [0.25, 0.3) is 0 Å². The van der Waals surface area contributed by atoms with E-state index < -0.39 is 17.5 Å². The van der Waals surface area contributed by atoms with E-state index in [1.165, 1.54) is 12.7 Å². The third kappa shape index (κ3) is 1.65. The normalized spacial score (nSPS) is 37.4. The number of aliphatic imine (C=N–C) groups is 2. The van der Waals surface area contributed by atoms with Crippen LogP contribution >= 0.6 is 0 Å². The molecule has 2 unspecified atom stereocenters. The van der Waals surface area contributed by atoms with Gasteiger partial charge in [0.15, 0.2) is 0 Å². The summed E-state index contributed by atoms with van der Waals surface area (Å²) in [5, 5.41) is 15.0. The van der Waals surface area contributed by atoms with Crippen molar-refractivity contribution >= 4 is 12.7 Å². The second-order valence-electron chi connectivity index (χ2n) is 3.68. The first-order valence-electron chi connectivity index (χ1n) is 4.89. The molecule has 0 aromatic rings. The maximum absolute atomic E-state index is 6.01. The van der Waals surface area contributed by atoms with Crippen molar-refractivity contribution in [2.24, 2.45) is 47.8 Å². The molecule has 8 nitrogen and oxygen atoms in total. The minimum Gasteiger partial charge on any atom is -0.286 e. The number of hydrogen-bond acceptors (Lipinski definition) is 8. The fraction of sp³-hybridized carbons (Fsp3) is 0.625. The van der Waals surface area contributed by atoms with Gasteiger partial charge in [0.1, 0.15) is 12.7 Å². The maximum Gasteiger partial charge on any atom is 0.231 e. The summed E-state index contributed by atoms with van der Waals surface area (Å²) in [7, 11) is 0. The number of azo groups is 2. The summed E-state index contributed by atoms with van der Waals surface area (Å²) in [6.45, 7) is 3.77. The summed E-state index contributed by atoms with van der Waals surface area (Å²) in [6.07, 6.45) is 3.81. The van der Waals surface area contributed by atoms with Crippen molar-refractivity contribution < 1.29 is 0 Å². The van der Waals surface area contributed by atoms with E-state index >= 15 is 0 Å². The minimum absolute atomic E-state index is 0.414. The summed E-state index contributed by atoms with van der Waals surface area (Å²) in [5.41, 5.74) is 12.0. The summed E-state index contributed by atoms with van der Waals surface area (Å²) < 4.78 is 0. The van der Waals surface area contributed by atoms with Gasteiger partial charge in [0, 0.05) is 0 Å². The van der Waals surface area contributed by atoms with Gasteiger partial charge in [0.2, 0.25) is 11.6 Å². The van der Waals surface area contributed by atoms with E-state index in [4.69, 9.17) is 11.5 Å². The Bertz CT molecular complexity index is 323. The van der Waals surface area contributed by atoms with E-state index in [1.807, 2.05) is 0 Å². The smallest absolute Gasteiger partial charge is 0.231 e. The topological polar surface area (TPSA) is 126 Å². The van der Waals surface area contributed by atoms with Crippen molar-refractivity contribution in [3.8, 4) is 0 Å². The highest BCUT2D eigenvalue weighted by molar-refractivity contribution is 5.58.